The maximum Gasteiger partial charge on any atom is 0.115 e. The van der Waals surface area contributed by atoms with E-state index in [0.29, 0.717) is 24.9 Å². The van der Waals surface area contributed by atoms with Crippen molar-refractivity contribution < 1.29 is 9.47 Å². The molecular formula is C15H24O2. The number of hydrogen-bond acceptors (Lipinski definition) is 2. The fraction of sp³-hybridized carbons (Fsp3) is 0.600. The predicted octanol–water partition coefficient (Wildman–Crippen LogP) is 4.35. The van der Waals surface area contributed by atoms with E-state index in [0.717, 1.165) is 24.2 Å². The lowest BCUT2D eigenvalue weighted by Gasteiger charge is -2.24. The molecule has 1 saturated carbocycles. The summed E-state index contributed by atoms with van der Waals surface area (Å²) in [6.45, 7) is 14.3. The second-order valence-corrected chi connectivity index (χ2v) is 4.55. The molecule has 0 aromatic heterocycles. The summed E-state index contributed by atoms with van der Waals surface area (Å²) in [7, 11) is 0. The third-order valence-electron chi connectivity index (χ3n) is 3.01. The molecule has 0 aliphatic heterocycles. The molecule has 2 heteroatoms. The molecule has 96 valence electrons. The molecular weight excluding hydrogens is 212 g/mol. The van der Waals surface area contributed by atoms with Gasteiger partial charge in [0.1, 0.15) is 5.76 Å². The first-order valence-electron chi connectivity index (χ1n) is 6.47. The van der Waals surface area contributed by atoms with E-state index in [4.69, 9.17) is 9.47 Å². The van der Waals surface area contributed by atoms with Crippen LogP contribution in [-0.4, -0.2) is 12.7 Å². The molecule has 0 saturated heterocycles. The van der Waals surface area contributed by atoms with Gasteiger partial charge in [0.15, 0.2) is 0 Å². The fourth-order valence-electron chi connectivity index (χ4n) is 2.07. The van der Waals surface area contributed by atoms with E-state index >= 15 is 0 Å². The number of ether oxygens (including phenoxy) is 2. The minimum atomic E-state index is 0.351. The fourth-order valence-corrected chi connectivity index (χ4v) is 2.07. The van der Waals surface area contributed by atoms with Crippen LogP contribution in [0.15, 0.2) is 36.8 Å². The lowest BCUT2D eigenvalue weighted by Crippen LogP contribution is -2.16. The van der Waals surface area contributed by atoms with Crippen LogP contribution in [0.3, 0.4) is 0 Å². The van der Waals surface area contributed by atoms with Gasteiger partial charge in [-0.3, -0.25) is 0 Å². The Morgan fingerprint density at radius 2 is 1.76 bits per heavy atom. The quantitative estimate of drug-likeness (QED) is 0.483. The highest BCUT2D eigenvalue weighted by atomic mass is 16.5. The van der Waals surface area contributed by atoms with Crippen LogP contribution in [-0.2, 0) is 9.47 Å². The Morgan fingerprint density at radius 1 is 1.12 bits per heavy atom. The maximum atomic E-state index is 5.84. The van der Waals surface area contributed by atoms with E-state index in [1.807, 2.05) is 6.92 Å². The van der Waals surface area contributed by atoms with Crippen LogP contribution in [0.1, 0.15) is 45.4 Å². The van der Waals surface area contributed by atoms with Gasteiger partial charge in [0.25, 0.3) is 0 Å². The van der Waals surface area contributed by atoms with Crippen molar-refractivity contribution in [2.24, 2.45) is 0 Å². The molecule has 1 aliphatic rings. The highest BCUT2D eigenvalue weighted by Crippen LogP contribution is 2.25. The van der Waals surface area contributed by atoms with Crippen molar-refractivity contribution in [2.45, 2.75) is 51.6 Å². The molecule has 0 atom stereocenters. The first-order valence-corrected chi connectivity index (χ1v) is 6.47. The Labute approximate surface area is 105 Å². The summed E-state index contributed by atoms with van der Waals surface area (Å²) in [4.78, 5) is 0. The zero-order valence-corrected chi connectivity index (χ0v) is 11.0. The topological polar surface area (TPSA) is 18.5 Å². The second kappa shape index (κ2) is 7.21. The van der Waals surface area contributed by atoms with Crippen LogP contribution >= 0.6 is 0 Å². The number of rotatable bonds is 7. The molecule has 0 heterocycles. The van der Waals surface area contributed by atoms with Crippen molar-refractivity contribution in [1.82, 2.24) is 0 Å². The molecule has 1 rings (SSSR count). The first kappa shape index (κ1) is 13.9. The van der Waals surface area contributed by atoms with E-state index in [1.165, 1.54) is 19.3 Å². The van der Waals surface area contributed by atoms with E-state index in [9.17, 15) is 0 Å². The molecule has 2 nitrogen and oxygen atoms in total. The van der Waals surface area contributed by atoms with E-state index in [-0.39, 0.29) is 0 Å². The van der Waals surface area contributed by atoms with Gasteiger partial charge >= 0.3 is 0 Å². The molecule has 0 aromatic carbocycles. The predicted molar refractivity (Wildman–Crippen MR) is 71.6 cm³/mol. The van der Waals surface area contributed by atoms with Crippen LogP contribution in [0, 0.1) is 0 Å². The Morgan fingerprint density at radius 3 is 2.35 bits per heavy atom. The van der Waals surface area contributed by atoms with Crippen LogP contribution in [0.5, 0.6) is 0 Å². The Balaban J connectivity index is 2.28. The highest BCUT2D eigenvalue weighted by molar-refractivity contribution is 5.23. The van der Waals surface area contributed by atoms with Crippen molar-refractivity contribution in [3.8, 4) is 0 Å². The molecule has 0 unspecified atom stereocenters. The van der Waals surface area contributed by atoms with Crippen LogP contribution in [0.2, 0.25) is 0 Å². The molecule has 0 aromatic rings. The van der Waals surface area contributed by atoms with Crippen LogP contribution < -0.4 is 0 Å². The smallest absolute Gasteiger partial charge is 0.115 e. The van der Waals surface area contributed by atoms with Gasteiger partial charge in [0, 0.05) is 6.42 Å². The third-order valence-corrected chi connectivity index (χ3v) is 3.01. The normalized spacial score (nSPS) is 16.3. The Bertz CT molecular complexity index is 285. The van der Waals surface area contributed by atoms with Crippen molar-refractivity contribution >= 4 is 0 Å². The standard InChI is InChI=1S/C15H24O2/c1-5-16-14(4)12(2)11-13(3)17-15-9-7-6-8-10-15/h15H,2-11H2,1H3. The van der Waals surface area contributed by atoms with E-state index < -0.39 is 0 Å². The van der Waals surface area contributed by atoms with E-state index in [2.05, 4.69) is 19.7 Å². The summed E-state index contributed by atoms with van der Waals surface area (Å²) in [6.07, 6.45) is 7.14. The van der Waals surface area contributed by atoms with Gasteiger partial charge in [-0.2, -0.15) is 0 Å². The minimum Gasteiger partial charge on any atom is -0.495 e. The minimum absolute atomic E-state index is 0.351. The molecule has 0 radical (unpaired) electrons. The lowest BCUT2D eigenvalue weighted by molar-refractivity contribution is 0.0797. The monoisotopic (exact) mass is 236 g/mol. The average Bonchev–Trinajstić information content (AvgIpc) is 2.30. The summed E-state index contributed by atoms with van der Waals surface area (Å²) < 4.78 is 11.1. The molecule has 1 fully saturated rings. The van der Waals surface area contributed by atoms with Gasteiger partial charge in [0.2, 0.25) is 0 Å². The SMILES string of the molecule is C=C(CC(=C)C(=C)OCC)OC1CCCCC1. The van der Waals surface area contributed by atoms with Crippen molar-refractivity contribution in [2.75, 3.05) is 6.61 Å². The molecule has 0 N–H and O–H groups in total. The Hall–Kier alpha value is -1.18. The number of allylic oxidation sites excluding steroid dienone is 2. The molecule has 0 bridgehead atoms. The van der Waals surface area contributed by atoms with Crippen molar-refractivity contribution in [3.63, 3.8) is 0 Å². The summed E-state index contributed by atoms with van der Waals surface area (Å²) in [5.41, 5.74) is 0.854. The summed E-state index contributed by atoms with van der Waals surface area (Å²) in [5.74, 6) is 1.42. The molecule has 1 aliphatic carbocycles. The molecule has 0 spiro atoms. The maximum absolute atomic E-state index is 5.84. The largest absolute Gasteiger partial charge is 0.495 e. The first-order chi connectivity index (χ1) is 8.13. The summed E-state index contributed by atoms with van der Waals surface area (Å²) in [6, 6.07) is 0. The zero-order chi connectivity index (χ0) is 12.7. The summed E-state index contributed by atoms with van der Waals surface area (Å²) in [5, 5.41) is 0. The van der Waals surface area contributed by atoms with Gasteiger partial charge in [0.05, 0.1) is 18.5 Å². The lowest BCUT2D eigenvalue weighted by atomic mass is 9.97. The number of hydrogen-bond donors (Lipinski definition) is 0. The summed E-state index contributed by atoms with van der Waals surface area (Å²) >= 11 is 0. The van der Waals surface area contributed by atoms with Gasteiger partial charge in [-0.05, 0) is 38.2 Å². The van der Waals surface area contributed by atoms with E-state index in [1.54, 1.807) is 0 Å². The second-order valence-electron chi connectivity index (χ2n) is 4.55. The van der Waals surface area contributed by atoms with Gasteiger partial charge < -0.3 is 9.47 Å². The Kier molecular flexibility index (Phi) is 5.88. The van der Waals surface area contributed by atoms with Crippen LogP contribution in [0.4, 0.5) is 0 Å². The van der Waals surface area contributed by atoms with Gasteiger partial charge in [-0.15, -0.1) is 0 Å². The van der Waals surface area contributed by atoms with Crippen molar-refractivity contribution in [3.05, 3.63) is 36.8 Å². The van der Waals surface area contributed by atoms with Gasteiger partial charge in [-0.1, -0.05) is 26.2 Å². The zero-order valence-electron chi connectivity index (χ0n) is 11.0. The molecule has 17 heavy (non-hydrogen) atoms. The molecule has 0 amide bonds. The average molecular weight is 236 g/mol. The van der Waals surface area contributed by atoms with Crippen molar-refractivity contribution in [1.29, 1.82) is 0 Å². The van der Waals surface area contributed by atoms with Gasteiger partial charge in [-0.25, -0.2) is 0 Å². The highest BCUT2D eigenvalue weighted by Gasteiger charge is 2.15. The third kappa shape index (κ3) is 5.12. The van der Waals surface area contributed by atoms with Crippen LogP contribution in [0.25, 0.3) is 0 Å².